The second kappa shape index (κ2) is 12.2. The van der Waals surface area contributed by atoms with E-state index in [1.54, 1.807) is 0 Å². The van der Waals surface area contributed by atoms with Crippen LogP contribution in [0.4, 0.5) is 0 Å². The van der Waals surface area contributed by atoms with E-state index < -0.39 is 0 Å². The van der Waals surface area contributed by atoms with Crippen LogP contribution in [0.25, 0.3) is 11.1 Å². The molecule has 3 aromatic rings. The molecular weight excluding hydrogens is 504 g/mol. The SMILES string of the molecule is COC(=O)CC1COc2cc(OCc3cccc(-c4c(C)cc(OCC5CC(C)=C(C)CO5)cc4C)c3)ccc21. The molecule has 0 fully saturated rings. The number of methoxy groups -OCH3 is 1. The molecule has 5 rings (SSSR count). The van der Waals surface area contributed by atoms with E-state index in [-0.39, 0.29) is 18.0 Å². The number of rotatable bonds is 9. The van der Waals surface area contributed by atoms with Gasteiger partial charge in [-0.15, -0.1) is 0 Å². The first-order valence-electron chi connectivity index (χ1n) is 13.9. The molecule has 0 N–H and O–H groups in total. The van der Waals surface area contributed by atoms with E-state index in [0.717, 1.165) is 40.4 Å². The van der Waals surface area contributed by atoms with Crippen molar-refractivity contribution in [3.05, 3.63) is 88.0 Å². The third kappa shape index (κ3) is 6.34. The van der Waals surface area contributed by atoms with Gasteiger partial charge in [-0.2, -0.15) is 0 Å². The minimum absolute atomic E-state index is 0.0164. The van der Waals surface area contributed by atoms with Gasteiger partial charge in [-0.25, -0.2) is 0 Å². The lowest BCUT2D eigenvalue weighted by Gasteiger charge is -2.25. The number of aryl methyl sites for hydroxylation is 2. The molecule has 0 saturated heterocycles. The zero-order chi connectivity index (χ0) is 28.2. The predicted molar refractivity (Wildman–Crippen MR) is 155 cm³/mol. The summed E-state index contributed by atoms with van der Waals surface area (Å²) in [6.07, 6.45) is 1.33. The lowest BCUT2D eigenvalue weighted by atomic mass is 9.94. The van der Waals surface area contributed by atoms with Crippen molar-refractivity contribution in [2.75, 3.05) is 26.9 Å². The summed E-state index contributed by atoms with van der Waals surface area (Å²) in [6.45, 7) is 10.7. The zero-order valence-electron chi connectivity index (χ0n) is 24.0. The number of esters is 1. The van der Waals surface area contributed by atoms with Gasteiger partial charge in [0.05, 0.1) is 32.8 Å². The largest absolute Gasteiger partial charge is 0.492 e. The van der Waals surface area contributed by atoms with Gasteiger partial charge in [-0.1, -0.05) is 29.8 Å². The van der Waals surface area contributed by atoms with Crippen LogP contribution in [-0.2, 0) is 20.9 Å². The fourth-order valence-corrected chi connectivity index (χ4v) is 5.48. The van der Waals surface area contributed by atoms with Gasteiger partial charge in [0.15, 0.2) is 0 Å². The Kier molecular flexibility index (Phi) is 8.46. The maximum Gasteiger partial charge on any atom is 0.306 e. The van der Waals surface area contributed by atoms with E-state index in [2.05, 4.69) is 64.1 Å². The Labute approximate surface area is 236 Å². The minimum Gasteiger partial charge on any atom is -0.492 e. The quantitative estimate of drug-likeness (QED) is 0.212. The van der Waals surface area contributed by atoms with Crippen molar-refractivity contribution in [2.24, 2.45) is 0 Å². The van der Waals surface area contributed by atoms with E-state index in [1.807, 2.05) is 18.2 Å². The van der Waals surface area contributed by atoms with Crippen LogP contribution in [0.15, 0.2) is 65.7 Å². The molecule has 2 unspecified atom stereocenters. The topological polar surface area (TPSA) is 63.2 Å². The first-order chi connectivity index (χ1) is 19.3. The van der Waals surface area contributed by atoms with Crippen LogP contribution in [-0.4, -0.2) is 39.0 Å². The predicted octanol–water partition coefficient (Wildman–Crippen LogP) is 7.09. The van der Waals surface area contributed by atoms with E-state index in [9.17, 15) is 4.79 Å². The smallest absolute Gasteiger partial charge is 0.306 e. The Morgan fingerprint density at radius 1 is 0.925 bits per heavy atom. The molecule has 0 spiro atoms. The highest BCUT2D eigenvalue weighted by molar-refractivity contribution is 5.72. The zero-order valence-corrected chi connectivity index (χ0v) is 24.0. The Bertz CT molecular complexity index is 1400. The van der Waals surface area contributed by atoms with E-state index >= 15 is 0 Å². The van der Waals surface area contributed by atoms with Crippen LogP contribution in [0.5, 0.6) is 17.2 Å². The van der Waals surface area contributed by atoms with E-state index in [1.165, 1.54) is 34.9 Å². The number of ether oxygens (including phenoxy) is 5. The van der Waals surface area contributed by atoms with Gasteiger partial charge in [0, 0.05) is 17.5 Å². The average Bonchev–Trinajstić information content (AvgIpc) is 3.34. The number of benzene rings is 3. The number of carbonyl (C=O) groups is 1. The molecule has 6 nitrogen and oxygen atoms in total. The number of hydrogen-bond donors (Lipinski definition) is 0. The molecule has 2 aliphatic rings. The van der Waals surface area contributed by atoms with Gasteiger partial charge in [-0.05, 0) is 91.8 Å². The van der Waals surface area contributed by atoms with Crippen LogP contribution in [0.1, 0.15) is 54.9 Å². The van der Waals surface area contributed by atoms with Crippen molar-refractivity contribution < 1.29 is 28.5 Å². The van der Waals surface area contributed by atoms with Crippen LogP contribution < -0.4 is 14.2 Å². The van der Waals surface area contributed by atoms with E-state index in [0.29, 0.717) is 32.8 Å². The lowest BCUT2D eigenvalue weighted by Crippen LogP contribution is -2.26. The highest BCUT2D eigenvalue weighted by Gasteiger charge is 2.27. The van der Waals surface area contributed by atoms with Crippen molar-refractivity contribution in [3.8, 4) is 28.4 Å². The molecule has 0 saturated carbocycles. The first-order valence-corrected chi connectivity index (χ1v) is 13.9. The fraction of sp³-hybridized carbons (Fsp3) is 0.382. The third-order valence-corrected chi connectivity index (χ3v) is 7.87. The van der Waals surface area contributed by atoms with Gasteiger partial charge in [0.1, 0.15) is 30.5 Å². The van der Waals surface area contributed by atoms with Crippen molar-refractivity contribution >= 4 is 5.97 Å². The van der Waals surface area contributed by atoms with Crippen molar-refractivity contribution in [3.63, 3.8) is 0 Å². The maximum absolute atomic E-state index is 11.7. The number of hydrogen-bond acceptors (Lipinski definition) is 6. The van der Waals surface area contributed by atoms with Gasteiger partial charge >= 0.3 is 5.97 Å². The average molecular weight is 543 g/mol. The van der Waals surface area contributed by atoms with Crippen LogP contribution >= 0.6 is 0 Å². The Morgan fingerprint density at radius 3 is 2.48 bits per heavy atom. The summed E-state index contributed by atoms with van der Waals surface area (Å²) in [6, 6.07) is 18.5. The maximum atomic E-state index is 11.7. The van der Waals surface area contributed by atoms with Gasteiger partial charge in [0.2, 0.25) is 0 Å². The molecule has 2 aliphatic heterocycles. The summed E-state index contributed by atoms with van der Waals surface area (Å²) in [5, 5.41) is 0. The monoisotopic (exact) mass is 542 g/mol. The fourth-order valence-electron chi connectivity index (χ4n) is 5.48. The molecule has 0 radical (unpaired) electrons. The molecule has 6 heteroatoms. The standard InChI is InChI=1S/C34H38O6/c1-21-11-30(37-17-24(21)4)20-39-29-12-22(2)34(23(3)13-29)26-8-6-7-25(14-26)18-38-28-9-10-31-27(15-33(35)36-5)19-40-32(31)16-28/h6-10,12-14,16,27,30H,11,15,17-20H2,1-5H3. The minimum atomic E-state index is -0.230. The third-order valence-electron chi connectivity index (χ3n) is 7.87. The molecule has 40 heavy (non-hydrogen) atoms. The van der Waals surface area contributed by atoms with Crippen LogP contribution in [0.3, 0.4) is 0 Å². The summed E-state index contributed by atoms with van der Waals surface area (Å²) < 4.78 is 28.8. The summed E-state index contributed by atoms with van der Waals surface area (Å²) in [7, 11) is 1.41. The highest BCUT2D eigenvalue weighted by atomic mass is 16.5. The van der Waals surface area contributed by atoms with Crippen molar-refractivity contribution in [1.82, 2.24) is 0 Å². The Balaban J connectivity index is 1.23. The van der Waals surface area contributed by atoms with Crippen LogP contribution in [0.2, 0.25) is 0 Å². The van der Waals surface area contributed by atoms with Gasteiger partial charge in [0.25, 0.3) is 0 Å². The summed E-state index contributed by atoms with van der Waals surface area (Å²) >= 11 is 0. The molecule has 2 heterocycles. The molecule has 210 valence electrons. The summed E-state index contributed by atoms with van der Waals surface area (Å²) in [5.41, 5.74) is 9.52. The van der Waals surface area contributed by atoms with Gasteiger partial charge in [-0.3, -0.25) is 4.79 Å². The van der Waals surface area contributed by atoms with Crippen LogP contribution in [0, 0.1) is 13.8 Å². The second-order valence-electron chi connectivity index (χ2n) is 10.9. The Morgan fingerprint density at radius 2 is 1.73 bits per heavy atom. The first kappa shape index (κ1) is 27.8. The molecule has 0 aliphatic carbocycles. The van der Waals surface area contributed by atoms with Gasteiger partial charge < -0.3 is 23.7 Å². The highest BCUT2D eigenvalue weighted by Crippen LogP contribution is 2.39. The molecule has 0 amide bonds. The van der Waals surface area contributed by atoms with Crippen molar-refractivity contribution in [1.29, 1.82) is 0 Å². The van der Waals surface area contributed by atoms with E-state index in [4.69, 9.17) is 23.7 Å². The molecule has 3 aromatic carbocycles. The lowest BCUT2D eigenvalue weighted by molar-refractivity contribution is -0.141. The Hall–Kier alpha value is -3.77. The molecule has 2 atom stereocenters. The molecular formula is C34H38O6. The normalized spacial score (nSPS) is 18.2. The van der Waals surface area contributed by atoms with Crippen molar-refractivity contribution in [2.45, 2.75) is 59.2 Å². The second-order valence-corrected chi connectivity index (χ2v) is 10.9. The molecule has 0 aromatic heterocycles. The summed E-state index contributed by atoms with van der Waals surface area (Å²) in [5.74, 6) is 2.16. The summed E-state index contributed by atoms with van der Waals surface area (Å²) in [4.78, 5) is 11.7. The number of fused-ring (bicyclic) bond motifs is 1. The molecule has 0 bridgehead atoms. The number of carbonyl (C=O) groups excluding carboxylic acids is 1.